The molecule has 23 heavy (non-hydrogen) atoms. The van der Waals surface area contributed by atoms with E-state index in [-0.39, 0.29) is 11.9 Å². The minimum atomic E-state index is -0.0639. The summed E-state index contributed by atoms with van der Waals surface area (Å²) >= 11 is 0. The van der Waals surface area contributed by atoms with Gasteiger partial charge < -0.3 is 14.4 Å². The number of hydrogen-bond acceptors (Lipinski definition) is 5. The van der Waals surface area contributed by atoms with E-state index in [1.165, 1.54) is 0 Å². The maximum Gasteiger partial charge on any atom is 0.310 e. The highest BCUT2D eigenvalue weighted by molar-refractivity contribution is 5.72. The Bertz CT molecular complexity index is 536. The Labute approximate surface area is 137 Å². The SMILES string of the molecule is CCOC(=O)[C@H]1CCCN(CCCOc2ccc(C#N)cc2)C1. The van der Waals surface area contributed by atoms with Gasteiger partial charge in [0.2, 0.25) is 0 Å². The van der Waals surface area contributed by atoms with Gasteiger partial charge in [-0.15, -0.1) is 0 Å². The van der Waals surface area contributed by atoms with Crippen LogP contribution in [0.1, 0.15) is 31.7 Å². The number of ether oxygens (including phenoxy) is 2. The normalized spacial score (nSPS) is 18.2. The molecule has 1 aromatic rings. The van der Waals surface area contributed by atoms with Crippen LogP contribution >= 0.6 is 0 Å². The van der Waals surface area contributed by atoms with Crippen molar-refractivity contribution in [3.05, 3.63) is 29.8 Å². The number of benzene rings is 1. The highest BCUT2D eigenvalue weighted by Gasteiger charge is 2.26. The van der Waals surface area contributed by atoms with Gasteiger partial charge in [0.1, 0.15) is 5.75 Å². The van der Waals surface area contributed by atoms with E-state index in [0.29, 0.717) is 18.8 Å². The van der Waals surface area contributed by atoms with E-state index in [1.54, 1.807) is 12.1 Å². The van der Waals surface area contributed by atoms with E-state index < -0.39 is 0 Å². The van der Waals surface area contributed by atoms with Crippen LogP contribution in [0.4, 0.5) is 0 Å². The molecule has 0 amide bonds. The fourth-order valence-corrected chi connectivity index (χ4v) is 2.82. The minimum Gasteiger partial charge on any atom is -0.494 e. The summed E-state index contributed by atoms with van der Waals surface area (Å²) in [5.41, 5.74) is 0.635. The average Bonchev–Trinajstić information content (AvgIpc) is 2.60. The van der Waals surface area contributed by atoms with Crippen molar-refractivity contribution in [1.29, 1.82) is 5.26 Å². The third-order valence-electron chi connectivity index (χ3n) is 4.00. The number of carbonyl (C=O) groups is 1. The molecule has 1 fully saturated rings. The molecule has 1 heterocycles. The molecule has 1 aliphatic rings. The van der Waals surface area contributed by atoms with Crippen molar-refractivity contribution in [2.75, 3.05) is 32.8 Å². The Morgan fingerprint density at radius 2 is 2.17 bits per heavy atom. The van der Waals surface area contributed by atoms with E-state index in [2.05, 4.69) is 11.0 Å². The Kier molecular flexibility index (Phi) is 6.89. The van der Waals surface area contributed by atoms with Crippen LogP contribution in [-0.2, 0) is 9.53 Å². The van der Waals surface area contributed by atoms with Gasteiger partial charge in [-0.05, 0) is 57.0 Å². The molecule has 0 unspecified atom stereocenters. The number of esters is 1. The topological polar surface area (TPSA) is 62.6 Å². The second kappa shape index (κ2) is 9.16. The van der Waals surface area contributed by atoms with Gasteiger partial charge in [-0.2, -0.15) is 5.26 Å². The second-order valence-corrected chi connectivity index (χ2v) is 5.73. The number of likely N-dealkylation sites (tertiary alicyclic amines) is 1. The Morgan fingerprint density at radius 1 is 1.39 bits per heavy atom. The summed E-state index contributed by atoms with van der Waals surface area (Å²) in [6.07, 6.45) is 2.88. The third kappa shape index (κ3) is 5.57. The molecule has 1 atom stereocenters. The lowest BCUT2D eigenvalue weighted by atomic mass is 9.98. The summed E-state index contributed by atoms with van der Waals surface area (Å²) in [6, 6.07) is 9.23. The molecule has 2 rings (SSSR count). The summed E-state index contributed by atoms with van der Waals surface area (Å²) in [6.45, 7) is 5.67. The molecule has 0 N–H and O–H groups in total. The number of rotatable bonds is 7. The van der Waals surface area contributed by atoms with Crippen molar-refractivity contribution in [1.82, 2.24) is 4.90 Å². The molecular weight excluding hydrogens is 292 g/mol. The lowest BCUT2D eigenvalue weighted by Gasteiger charge is -2.31. The molecule has 5 nitrogen and oxygen atoms in total. The average molecular weight is 316 g/mol. The number of nitriles is 1. The number of nitrogens with zero attached hydrogens (tertiary/aromatic N) is 2. The molecule has 1 aromatic carbocycles. The van der Waals surface area contributed by atoms with Crippen molar-refractivity contribution in [2.45, 2.75) is 26.2 Å². The van der Waals surface area contributed by atoms with Gasteiger partial charge >= 0.3 is 5.97 Å². The lowest BCUT2D eigenvalue weighted by Crippen LogP contribution is -2.40. The lowest BCUT2D eigenvalue weighted by molar-refractivity contribution is -0.149. The Hall–Kier alpha value is -2.06. The Morgan fingerprint density at radius 3 is 2.87 bits per heavy atom. The van der Waals surface area contributed by atoms with Crippen molar-refractivity contribution in [2.24, 2.45) is 5.92 Å². The molecule has 0 spiro atoms. The zero-order valence-electron chi connectivity index (χ0n) is 13.7. The van der Waals surface area contributed by atoms with Gasteiger partial charge in [0.15, 0.2) is 0 Å². The maximum atomic E-state index is 11.8. The minimum absolute atomic E-state index is 0.0168. The largest absolute Gasteiger partial charge is 0.494 e. The predicted octanol–water partition coefficient (Wildman–Crippen LogP) is 2.60. The summed E-state index contributed by atoms with van der Waals surface area (Å²) in [7, 11) is 0. The molecule has 5 heteroatoms. The molecule has 124 valence electrons. The third-order valence-corrected chi connectivity index (χ3v) is 4.00. The van der Waals surface area contributed by atoms with Crippen LogP contribution in [-0.4, -0.2) is 43.7 Å². The van der Waals surface area contributed by atoms with E-state index >= 15 is 0 Å². The smallest absolute Gasteiger partial charge is 0.310 e. The Balaban J connectivity index is 1.67. The van der Waals surface area contributed by atoms with Crippen LogP contribution in [0.2, 0.25) is 0 Å². The first-order valence-electron chi connectivity index (χ1n) is 8.25. The highest BCUT2D eigenvalue weighted by atomic mass is 16.5. The summed E-state index contributed by atoms with van der Waals surface area (Å²) < 4.78 is 10.8. The van der Waals surface area contributed by atoms with Crippen LogP contribution in [0.5, 0.6) is 5.75 Å². The first-order valence-corrected chi connectivity index (χ1v) is 8.25. The zero-order valence-corrected chi connectivity index (χ0v) is 13.7. The van der Waals surface area contributed by atoms with Gasteiger partial charge in [-0.1, -0.05) is 0 Å². The quantitative estimate of drug-likeness (QED) is 0.571. The van der Waals surface area contributed by atoms with Gasteiger partial charge in [-0.25, -0.2) is 0 Å². The van der Waals surface area contributed by atoms with Crippen molar-refractivity contribution < 1.29 is 14.3 Å². The standard InChI is InChI=1S/C18H24N2O3/c1-2-22-18(21)16-5-3-10-20(14-16)11-4-12-23-17-8-6-15(13-19)7-9-17/h6-9,16H,2-5,10-12,14H2,1H3/t16-/m0/s1. The van der Waals surface area contributed by atoms with Gasteiger partial charge in [0.05, 0.1) is 30.8 Å². The zero-order chi connectivity index (χ0) is 16.5. The number of carbonyl (C=O) groups excluding carboxylic acids is 1. The van der Waals surface area contributed by atoms with Gasteiger partial charge in [0.25, 0.3) is 0 Å². The number of hydrogen-bond donors (Lipinski definition) is 0. The van der Waals surface area contributed by atoms with Crippen LogP contribution in [0.15, 0.2) is 24.3 Å². The summed E-state index contributed by atoms with van der Waals surface area (Å²) in [5, 5.41) is 8.75. The number of piperidine rings is 1. The fraction of sp³-hybridized carbons (Fsp3) is 0.556. The molecule has 0 radical (unpaired) electrons. The van der Waals surface area contributed by atoms with E-state index in [9.17, 15) is 4.79 Å². The maximum absolute atomic E-state index is 11.8. The van der Waals surface area contributed by atoms with Gasteiger partial charge in [0, 0.05) is 13.1 Å². The molecule has 0 saturated carbocycles. The van der Waals surface area contributed by atoms with E-state index in [1.807, 2.05) is 19.1 Å². The van der Waals surface area contributed by atoms with E-state index in [0.717, 1.165) is 44.6 Å². The predicted molar refractivity (Wildman–Crippen MR) is 87.1 cm³/mol. The molecule has 0 bridgehead atoms. The second-order valence-electron chi connectivity index (χ2n) is 5.73. The molecule has 0 aromatic heterocycles. The van der Waals surface area contributed by atoms with Crippen LogP contribution in [0, 0.1) is 17.2 Å². The monoisotopic (exact) mass is 316 g/mol. The summed E-state index contributed by atoms with van der Waals surface area (Å²) in [4.78, 5) is 14.1. The van der Waals surface area contributed by atoms with Crippen molar-refractivity contribution in [3.63, 3.8) is 0 Å². The highest BCUT2D eigenvalue weighted by Crippen LogP contribution is 2.18. The van der Waals surface area contributed by atoms with Gasteiger partial charge in [-0.3, -0.25) is 4.79 Å². The van der Waals surface area contributed by atoms with E-state index in [4.69, 9.17) is 14.7 Å². The van der Waals surface area contributed by atoms with Crippen molar-refractivity contribution in [3.8, 4) is 11.8 Å². The van der Waals surface area contributed by atoms with Crippen LogP contribution in [0.3, 0.4) is 0 Å². The molecular formula is C18H24N2O3. The fourth-order valence-electron chi connectivity index (χ4n) is 2.82. The molecule has 1 aliphatic heterocycles. The first-order chi connectivity index (χ1) is 11.2. The van der Waals surface area contributed by atoms with Crippen LogP contribution < -0.4 is 4.74 Å². The summed E-state index contributed by atoms with van der Waals surface area (Å²) in [5.74, 6) is 0.737. The van der Waals surface area contributed by atoms with Crippen LogP contribution in [0.25, 0.3) is 0 Å². The first kappa shape index (κ1) is 17.3. The molecule has 1 saturated heterocycles. The van der Waals surface area contributed by atoms with Crippen molar-refractivity contribution >= 4 is 5.97 Å². The molecule has 0 aliphatic carbocycles.